The summed E-state index contributed by atoms with van der Waals surface area (Å²) in [6.45, 7) is 1.28. The van der Waals surface area contributed by atoms with E-state index >= 15 is 0 Å². The van der Waals surface area contributed by atoms with E-state index in [1.807, 2.05) is 6.07 Å². The van der Waals surface area contributed by atoms with Crippen molar-refractivity contribution in [2.24, 2.45) is 0 Å². The second-order valence-corrected chi connectivity index (χ2v) is 8.50. The molecule has 0 unspecified atom stereocenters. The molecule has 0 aromatic heterocycles. The number of nitrogens with zero attached hydrogens (tertiary/aromatic N) is 1. The van der Waals surface area contributed by atoms with E-state index in [9.17, 15) is 14.4 Å². The van der Waals surface area contributed by atoms with Crippen molar-refractivity contribution in [3.8, 4) is 0 Å². The number of halogens is 1. The molecular weight excluding hydrogens is 397 g/mol. The summed E-state index contributed by atoms with van der Waals surface area (Å²) in [5.41, 5.74) is 0.718. The van der Waals surface area contributed by atoms with E-state index in [4.69, 9.17) is 3.07 Å². The normalized spacial score (nSPS) is 13.9. The van der Waals surface area contributed by atoms with Gasteiger partial charge in [0.15, 0.2) is 0 Å². The van der Waals surface area contributed by atoms with E-state index in [0.29, 0.717) is 11.1 Å². The summed E-state index contributed by atoms with van der Waals surface area (Å²) < 4.78 is 7.26. The minimum absolute atomic E-state index is 0.359. The Bertz CT molecular complexity index is 725. The third kappa shape index (κ3) is 2.50. The molecule has 0 aliphatic carbocycles. The van der Waals surface area contributed by atoms with Gasteiger partial charge in [0.05, 0.1) is 0 Å². The summed E-state index contributed by atoms with van der Waals surface area (Å²) in [6.07, 6.45) is 0. The van der Waals surface area contributed by atoms with E-state index in [1.165, 1.54) is 6.92 Å². The Kier molecular flexibility index (Phi) is 3.93. The number of fused-ring (bicyclic) bond motifs is 1. The molecule has 5 nitrogen and oxygen atoms in total. The SMILES string of the molecule is CC(=O)OI(c1ccccc1)N1C(=O)c2ccccc2C1=O. The maximum atomic E-state index is 12.6. The third-order valence-corrected chi connectivity index (χ3v) is 7.57. The Hall–Kier alpha value is -2.22. The molecule has 0 atom stereocenters. The number of rotatable bonds is 3. The summed E-state index contributed by atoms with van der Waals surface area (Å²) in [5.74, 6) is -1.28. The number of hydrogen-bond acceptors (Lipinski definition) is 4. The first-order valence-corrected chi connectivity index (χ1v) is 9.44. The van der Waals surface area contributed by atoms with Crippen LogP contribution in [-0.4, -0.2) is 20.9 Å². The van der Waals surface area contributed by atoms with Gasteiger partial charge in [0, 0.05) is 0 Å². The van der Waals surface area contributed by atoms with Crippen molar-refractivity contribution >= 4 is 38.3 Å². The third-order valence-electron chi connectivity index (χ3n) is 3.00. The molecule has 0 radical (unpaired) electrons. The molecule has 2 aromatic carbocycles. The van der Waals surface area contributed by atoms with Gasteiger partial charge in [-0.05, 0) is 0 Å². The number of benzene rings is 2. The first kappa shape index (κ1) is 14.7. The molecule has 0 spiro atoms. The predicted octanol–water partition coefficient (Wildman–Crippen LogP) is 3.05. The monoisotopic (exact) mass is 409 g/mol. The van der Waals surface area contributed by atoms with Gasteiger partial charge in [-0.2, -0.15) is 0 Å². The van der Waals surface area contributed by atoms with Crippen LogP contribution in [0.3, 0.4) is 0 Å². The number of hydrogen-bond donors (Lipinski definition) is 0. The summed E-state index contributed by atoms with van der Waals surface area (Å²) in [5, 5.41) is 0. The standard InChI is InChI=1S/C16H12INO4/c1-11(19)22-17(12-7-3-2-4-8-12)18-15(20)13-9-5-6-10-14(13)16(18)21/h2-10H,1H3. The topological polar surface area (TPSA) is 63.7 Å². The molecule has 0 fully saturated rings. The molecule has 1 aliphatic rings. The van der Waals surface area contributed by atoms with Crippen LogP contribution in [0.2, 0.25) is 0 Å². The quantitative estimate of drug-likeness (QED) is 0.444. The van der Waals surface area contributed by atoms with Gasteiger partial charge < -0.3 is 0 Å². The van der Waals surface area contributed by atoms with Gasteiger partial charge >= 0.3 is 135 Å². The average molecular weight is 409 g/mol. The van der Waals surface area contributed by atoms with Crippen molar-refractivity contribution in [1.82, 2.24) is 3.11 Å². The fourth-order valence-corrected chi connectivity index (χ4v) is 6.04. The van der Waals surface area contributed by atoms with E-state index < -0.39 is 38.3 Å². The molecule has 2 aromatic rings. The average Bonchev–Trinajstić information content (AvgIpc) is 2.78. The van der Waals surface area contributed by atoms with Gasteiger partial charge in [0.1, 0.15) is 0 Å². The molecule has 1 aliphatic heterocycles. The van der Waals surface area contributed by atoms with Gasteiger partial charge in [-0.3, -0.25) is 0 Å². The van der Waals surface area contributed by atoms with E-state index in [1.54, 1.807) is 48.5 Å². The molecule has 2 amide bonds. The molecule has 22 heavy (non-hydrogen) atoms. The fourth-order valence-electron chi connectivity index (χ4n) is 2.10. The molecule has 0 saturated heterocycles. The number of carbonyl (C=O) groups excluding carboxylic acids is 3. The van der Waals surface area contributed by atoms with Crippen LogP contribution in [0.1, 0.15) is 27.6 Å². The van der Waals surface area contributed by atoms with Crippen LogP contribution in [0.25, 0.3) is 0 Å². The van der Waals surface area contributed by atoms with Crippen molar-refractivity contribution in [2.75, 3.05) is 0 Å². The fraction of sp³-hybridized carbons (Fsp3) is 0.0625. The zero-order chi connectivity index (χ0) is 15.7. The Labute approximate surface area is 135 Å². The van der Waals surface area contributed by atoms with Gasteiger partial charge in [0.2, 0.25) is 0 Å². The van der Waals surface area contributed by atoms with E-state index in [0.717, 1.165) is 6.68 Å². The molecule has 0 N–H and O–H groups in total. The number of amides is 2. The zero-order valence-electron chi connectivity index (χ0n) is 11.7. The summed E-state index contributed by atoms with van der Waals surface area (Å²) in [4.78, 5) is 36.6. The minimum atomic E-state index is -2.93. The molecule has 1 heterocycles. The molecule has 3 rings (SSSR count). The summed E-state index contributed by atoms with van der Waals surface area (Å²) >= 11 is -2.93. The molecule has 6 heteroatoms. The van der Waals surface area contributed by atoms with Crippen molar-refractivity contribution in [1.29, 1.82) is 0 Å². The predicted molar refractivity (Wildman–Crippen MR) is 87.9 cm³/mol. The Morgan fingerprint density at radius 3 is 1.91 bits per heavy atom. The van der Waals surface area contributed by atoms with Gasteiger partial charge in [0.25, 0.3) is 0 Å². The van der Waals surface area contributed by atoms with Crippen molar-refractivity contribution in [2.45, 2.75) is 6.92 Å². The van der Waals surface area contributed by atoms with Crippen LogP contribution in [0, 0.1) is 3.57 Å². The molecule has 112 valence electrons. The van der Waals surface area contributed by atoms with Crippen LogP contribution >= 0.6 is 20.5 Å². The number of carbonyl (C=O) groups is 3. The Morgan fingerprint density at radius 1 is 0.909 bits per heavy atom. The first-order chi connectivity index (χ1) is 10.6. The van der Waals surface area contributed by atoms with Gasteiger partial charge in [-0.15, -0.1) is 0 Å². The number of imide groups is 1. The summed E-state index contributed by atoms with van der Waals surface area (Å²) in [6, 6.07) is 15.6. The van der Waals surface area contributed by atoms with Gasteiger partial charge in [-0.1, -0.05) is 0 Å². The van der Waals surface area contributed by atoms with E-state index in [2.05, 4.69) is 0 Å². The Morgan fingerprint density at radius 2 is 1.41 bits per heavy atom. The van der Waals surface area contributed by atoms with Crippen LogP contribution in [0.4, 0.5) is 0 Å². The zero-order valence-corrected chi connectivity index (χ0v) is 13.8. The van der Waals surface area contributed by atoms with Crippen molar-refractivity contribution < 1.29 is 17.4 Å². The second-order valence-electron chi connectivity index (χ2n) is 4.53. The van der Waals surface area contributed by atoms with Crippen LogP contribution in [-0.2, 0) is 7.86 Å². The van der Waals surface area contributed by atoms with Crippen LogP contribution < -0.4 is 0 Å². The van der Waals surface area contributed by atoms with Crippen molar-refractivity contribution in [3.63, 3.8) is 0 Å². The molecular formula is C16H12INO4. The van der Waals surface area contributed by atoms with Crippen LogP contribution in [0.5, 0.6) is 0 Å². The molecule has 0 bridgehead atoms. The molecule has 0 saturated carbocycles. The maximum absolute atomic E-state index is 12.6. The van der Waals surface area contributed by atoms with Gasteiger partial charge in [-0.25, -0.2) is 0 Å². The second kappa shape index (κ2) is 5.88. The Balaban J connectivity index is 2.05. The first-order valence-electron chi connectivity index (χ1n) is 6.51. The van der Waals surface area contributed by atoms with E-state index in [-0.39, 0.29) is 0 Å². The summed E-state index contributed by atoms with van der Waals surface area (Å²) in [7, 11) is 0. The van der Waals surface area contributed by atoms with Crippen LogP contribution in [0.15, 0.2) is 54.6 Å². The van der Waals surface area contributed by atoms with Crippen molar-refractivity contribution in [3.05, 3.63) is 69.3 Å².